The molecule has 25 heavy (non-hydrogen) atoms. The summed E-state index contributed by atoms with van der Waals surface area (Å²) >= 11 is 1.38. The molecule has 1 saturated heterocycles. The van der Waals surface area contributed by atoms with Crippen molar-refractivity contribution in [3.05, 3.63) is 52.9 Å². The second-order valence-corrected chi connectivity index (χ2v) is 7.05. The quantitative estimate of drug-likeness (QED) is 0.741. The minimum Gasteiger partial charge on any atom is -0.457 e. The summed E-state index contributed by atoms with van der Waals surface area (Å²) in [5.74, 6) is 0.384. The Bertz CT molecular complexity index is 866. The van der Waals surface area contributed by atoms with E-state index < -0.39 is 0 Å². The lowest BCUT2D eigenvalue weighted by molar-refractivity contribution is -0.113. The lowest BCUT2D eigenvalue weighted by Gasteiger charge is -2.27. The van der Waals surface area contributed by atoms with Crippen molar-refractivity contribution in [2.24, 2.45) is 4.99 Å². The average molecular weight is 356 g/mol. The van der Waals surface area contributed by atoms with Gasteiger partial charge in [0, 0.05) is 19.2 Å². The summed E-state index contributed by atoms with van der Waals surface area (Å²) in [7, 11) is 0. The monoisotopic (exact) mass is 356 g/mol. The zero-order valence-electron chi connectivity index (χ0n) is 13.6. The number of benzene rings is 1. The van der Waals surface area contributed by atoms with Crippen LogP contribution in [0, 0.1) is 5.82 Å². The van der Waals surface area contributed by atoms with Crippen LogP contribution >= 0.6 is 11.8 Å². The Labute approximate surface area is 149 Å². The van der Waals surface area contributed by atoms with Crippen LogP contribution in [0.2, 0.25) is 0 Å². The van der Waals surface area contributed by atoms with Gasteiger partial charge in [0.15, 0.2) is 5.17 Å². The Hall–Kier alpha value is -2.34. The van der Waals surface area contributed by atoms with Crippen LogP contribution in [0.25, 0.3) is 17.4 Å². The van der Waals surface area contributed by atoms with Gasteiger partial charge in [-0.3, -0.25) is 4.79 Å². The third kappa shape index (κ3) is 3.39. The number of amides is 1. The second-order valence-electron chi connectivity index (χ2n) is 6.04. The van der Waals surface area contributed by atoms with Crippen molar-refractivity contribution in [1.29, 1.82) is 0 Å². The highest BCUT2D eigenvalue weighted by atomic mass is 32.2. The van der Waals surface area contributed by atoms with E-state index in [9.17, 15) is 9.18 Å². The minimum absolute atomic E-state index is 0.241. The maximum absolute atomic E-state index is 13.9. The number of thioether (sulfide) groups is 1. The number of hydrogen-bond acceptors (Lipinski definition) is 4. The molecule has 0 aliphatic carbocycles. The van der Waals surface area contributed by atoms with Crippen LogP contribution in [-0.2, 0) is 4.79 Å². The molecule has 0 N–H and O–H groups in total. The number of hydrogen-bond donors (Lipinski definition) is 0. The van der Waals surface area contributed by atoms with Crippen LogP contribution < -0.4 is 0 Å². The first-order chi connectivity index (χ1) is 12.2. The predicted octanol–water partition coefficient (Wildman–Crippen LogP) is 4.54. The molecule has 1 aromatic carbocycles. The van der Waals surface area contributed by atoms with E-state index in [1.807, 2.05) is 0 Å². The third-order valence-corrected chi connectivity index (χ3v) is 5.32. The number of likely N-dealkylation sites (tertiary alicyclic amines) is 1. The Balaban J connectivity index is 1.52. The molecule has 2 aliphatic rings. The van der Waals surface area contributed by atoms with E-state index in [0.29, 0.717) is 22.0 Å². The highest BCUT2D eigenvalue weighted by Gasteiger charge is 2.27. The molecule has 0 saturated carbocycles. The lowest BCUT2D eigenvalue weighted by atomic mass is 10.1. The van der Waals surface area contributed by atoms with Crippen molar-refractivity contribution in [2.75, 3.05) is 13.1 Å². The SMILES string of the molecule is O=C1N=C(N2CCCCC2)S/C1=C\c1ccc(-c2ccccc2F)o1. The highest BCUT2D eigenvalue weighted by Crippen LogP contribution is 2.33. The number of nitrogens with zero attached hydrogens (tertiary/aromatic N) is 2. The van der Waals surface area contributed by atoms with Gasteiger partial charge < -0.3 is 9.32 Å². The fraction of sp³-hybridized carbons (Fsp3) is 0.263. The van der Waals surface area contributed by atoms with E-state index in [1.54, 1.807) is 36.4 Å². The minimum atomic E-state index is -0.335. The van der Waals surface area contributed by atoms with E-state index >= 15 is 0 Å². The number of aliphatic imine (C=N–C) groups is 1. The summed E-state index contributed by atoms with van der Waals surface area (Å²) < 4.78 is 19.5. The lowest BCUT2D eigenvalue weighted by Crippen LogP contribution is -2.33. The van der Waals surface area contributed by atoms with E-state index in [4.69, 9.17) is 4.42 Å². The fourth-order valence-electron chi connectivity index (χ4n) is 2.98. The second kappa shape index (κ2) is 6.88. The molecule has 0 spiro atoms. The molecule has 0 radical (unpaired) electrons. The molecular formula is C19H17FN2O2S. The van der Waals surface area contributed by atoms with Gasteiger partial charge in [0.2, 0.25) is 0 Å². The number of piperidine rings is 1. The Kier molecular flexibility index (Phi) is 4.44. The molecule has 0 atom stereocenters. The number of furan rings is 1. The van der Waals surface area contributed by atoms with Gasteiger partial charge in [-0.05, 0) is 55.3 Å². The van der Waals surface area contributed by atoms with Gasteiger partial charge in [0.1, 0.15) is 17.3 Å². The van der Waals surface area contributed by atoms with E-state index in [-0.39, 0.29) is 11.7 Å². The van der Waals surface area contributed by atoms with Crippen molar-refractivity contribution < 1.29 is 13.6 Å². The number of halogens is 1. The first kappa shape index (κ1) is 16.1. The molecule has 2 aromatic rings. The van der Waals surface area contributed by atoms with Crippen LogP contribution in [-0.4, -0.2) is 29.1 Å². The standard InChI is InChI=1S/C19H17FN2O2S/c20-15-7-3-2-6-14(15)16-9-8-13(24-16)12-17-18(23)21-19(25-17)22-10-4-1-5-11-22/h2-3,6-9,12H,1,4-5,10-11H2/b17-12-. The topological polar surface area (TPSA) is 45.8 Å². The zero-order chi connectivity index (χ0) is 17.2. The molecule has 2 aliphatic heterocycles. The normalized spacial score (nSPS) is 19.6. The number of carbonyl (C=O) groups excluding carboxylic acids is 1. The molecule has 6 heteroatoms. The summed E-state index contributed by atoms with van der Waals surface area (Å²) in [5, 5.41) is 0.775. The number of carbonyl (C=O) groups is 1. The number of amidine groups is 1. The molecule has 0 unspecified atom stereocenters. The molecular weight excluding hydrogens is 339 g/mol. The van der Waals surface area contributed by atoms with Gasteiger partial charge in [0.25, 0.3) is 5.91 Å². The maximum Gasteiger partial charge on any atom is 0.286 e. The Morgan fingerprint density at radius 3 is 2.72 bits per heavy atom. The maximum atomic E-state index is 13.9. The molecule has 128 valence electrons. The van der Waals surface area contributed by atoms with Crippen molar-refractivity contribution in [1.82, 2.24) is 4.90 Å². The van der Waals surface area contributed by atoms with Crippen LogP contribution in [0.3, 0.4) is 0 Å². The summed E-state index contributed by atoms with van der Waals surface area (Å²) in [6, 6.07) is 9.90. The average Bonchev–Trinajstić information content (AvgIpc) is 3.24. The summed E-state index contributed by atoms with van der Waals surface area (Å²) in [6.07, 6.45) is 5.18. The highest BCUT2D eigenvalue weighted by molar-refractivity contribution is 8.18. The van der Waals surface area contributed by atoms with E-state index in [1.165, 1.54) is 24.2 Å². The Morgan fingerprint density at radius 2 is 1.92 bits per heavy atom. The van der Waals surface area contributed by atoms with E-state index in [0.717, 1.165) is 31.1 Å². The van der Waals surface area contributed by atoms with Gasteiger partial charge in [-0.1, -0.05) is 12.1 Å². The van der Waals surface area contributed by atoms with Crippen molar-refractivity contribution in [2.45, 2.75) is 19.3 Å². The molecule has 0 bridgehead atoms. The van der Waals surface area contributed by atoms with Crippen LogP contribution in [0.1, 0.15) is 25.0 Å². The van der Waals surface area contributed by atoms with Crippen LogP contribution in [0.15, 0.2) is 50.7 Å². The van der Waals surface area contributed by atoms with E-state index in [2.05, 4.69) is 9.89 Å². The summed E-state index contributed by atoms with van der Waals surface area (Å²) in [4.78, 5) is 19.0. The molecule has 1 amide bonds. The van der Waals surface area contributed by atoms with Gasteiger partial charge >= 0.3 is 0 Å². The number of rotatable bonds is 2. The predicted molar refractivity (Wildman–Crippen MR) is 97.5 cm³/mol. The molecule has 4 rings (SSSR count). The van der Waals surface area contributed by atoms with Crippen LogP contribution in [0.5, 0.6) is 0 Å². The first-order valence-electron chi connectivity index (χ1n) is 8.33. The van der Waals surface area contributed by atoms with Gasteiger partial charge in [-0.2, -0.15) is 4.99 Å². The molecule has 4 nitrogen and oxygen atoms in total. The molecule has 1 aromatic heterocycles. The fourth-order valence-corrected chi connectivity index (χ4v) is 3.93. The van der Waals surface area contributed by atoms with Crippen molar-refractivity contribution in [3.63, 3.8) is 0 Å². The van der Waals surface area contributed by atoms with Crippen molar-refractivity contribution in [3.8, 4) is 11.3 Å². The third-order valence-electron chi connectivity index (χ3n) is 4.28. The van der Waals surface area contributed by atoms with Gasteiger partial charge in [0.05, 0.1) is 10.5 Å². The summed E-state index contributed by atoms with van der Waals surface area (Å²) in [5.41, 5.74) is 0.405. The first-order valence-corrected chi connectivity index (χ1v) is 9.14. The summed E-state index contributed by atoms with van der Waals surface area (Å²) in [6.45, 7) is 1.90. The smallest absolute Gasteiger partial charge is 0.286 e. The van der Waals surface area contributed by atoms with Gasteiger partial charge in [-0.25, -0.2) is 4.39 Å². The molecule has 3 heterocycles. The van der Waals surface area contributed by atoms with Gasteiger partial charge in [-0.15, -0.1) is 0 Å². The zero-order valence-corrected chi connectivity index (χ0v) is 14.4. The van der Waals surface area contributed by atoms with Crippen molar-refractivity contribution >= 4 is 28.9 Å². The molecule has 1 fully saturated rings. The van der Waals surface area contributed by atoms with Crippen LogP contribution in [0.4, 0.5) is 4.39 Å². The largest absolute Gasteiger partial charge is 0.457 e. The Morgan fingerprint density at radius 1 is 1.12 bits per heavy atom.